The third-order valence-corrected chi connectivity index (χ3v) is 4.84. The molecule has 4 rings (SSSR count). The summed E-state index contributed by atoms with van der Waals surface area (Å²) in [7, 11) is 2.11. The van der Waals surface area contributed by atoms with E-state index >= 15 is 0 Å². The molecule has 3 heterocycles. The molecule has 1 unspecified atom stereocenters. The molecule has 2 aromatic rings. The molecule has 0 fully saturated rings. The number of hydrogen-bond acceptors (Lipinski definition) is 4. The minimum atomic E-state index is -0.0787. The fraction of sp³-hybridized carbons (Fsp3) is 0.429. The first-order chi connectivity index (χ1) is 10.1. The van der Waals surface area contributed by atoms with E-state index in [0.29, 0.717) is 0 Å². The van der Waals surface area contributed by atoms with E-state index in [4.69, 9.17) is 16.3 Å². The summed E-state index contributed by atoms with van der Waals surface area (Å²) in [6.07, 6.45) is 0.703. The summed E-state index contributed by atoms with van der Waals surface area (Å²) in [6, 6.07) is 3.82. The Balaban J connectivity index is 1.68. The molecule has 1 atom stereocenters. The molecule has 0 spiro atoms. The Bertz CT molecular complexity index is 717. The van der Waals surface area contributed by atoms with Crippen molar-refractivity contribution < 1.29 is 4.74 Å². The highest BCUT2D eigenvalue weighted by atomic mass is 79.9. The summed E-state index contributed by atoms with van der Waals surface area (Å²) in [6.45, 7) is 2.75. The first kappa shape index (κ1) is 13.5. The second-order valence-corrected chi connectivity index (χ2v) is 6.86. The van der Waals surface area contributed by atoms with E-state index in [1.54, 1.807) is 0 Å². The first-order valence-corrected chi connectivity index (χ1v) is 8.04. The number of nitrogens with zero attached hydrogens (tertiary/aromatic N) is 4. The van der Waals surface area contributed by atoms with Crippen molar-refractivity contribution in [3.63, 3.8) is 0 Å². The van der Waals surface area contributed by atoms with Crippen molar-refractivity contribution in [2.24, 2.45) is 0 Å². The van der Waals surface area contributed by atoms with Gasteiger partial charge in [0, 0.05) is 30.1 Å². The normalized spacial score (nSPS) is 21.0. The third kappa shape index (κ3) is 2.25. The molecule has 2 aliphatic heterocycles. The lowest BCUT2D eigenvalue weighted by atomic mass is 10.1. The molecular weight excluding hydrogens is 356 g/mol. The van der Waals surface area contributed by atoms with Crippen molar-refractivity contribution in [1.82, 2.24) is 19.9 Å². The zero-order valence-electron chi connectivity index (χ0n) is 11.5. The van der Waals surface area contributed by atoms with E-state index in [-0.39, 0.29) is 6.10 Å². The van der Waals surface area contributed by atoms with Gasteiger partial charge in [0.25, 0.3) is 0 Å². The van der Waals surface area contributed by atoms with Crippen LogP contribution in [0.3, 0.4) is 0 Å². The lowest BCUT2D eigenvalue weighted by Crippen LogP contribution is -2.31. The molecule has 1 aromatic heterocycles. The van der Waals surface area contributed by atoms with Gasteiger partial charge in [0.1, 0.15) is 17.5 Å². The molecule has 0 N–H and O–H groups in total. The predicted molar refractivity (Wildman–Crippen MR) is 82.6 cm³/mol. The van der Waals surface area contributed by atoms with E-state index < -0.39 is 0 Å². The van der Waals surface area contributed by atoms with Crippen LogP contribution in [0.15, 0.2) is 16.6 Å². The average Bonchev–Trinajstić information content (AvgIpc) is 3.01. The maximum atomic E-state index is 6.11. The number of rotatable bonds is 1. The number of aromatic nitrogens is 3. The van der Waals surface area contributed by atoms with Crippen LogP contribution in [0.2, 0.25) is 5.02 Å². The van der Waals surface area contributed by atoms with Gasteiger partial charge in [0.15, 0.2) is 0 Å². The summed E-state index contributed by atoms with van der Waals surface area (Å²) in [5.74, 6) is 0.871. The Kier molecular flexibility index (Phi) is 3.20. The number of benzene rings is 1. The average molecular weight is 370 g/mol. The van der Waals surface area contributed by atoms with Crippen molar-refractivity contribution >= 4 is 27.5 Å². The SMILES string of the molecule is CN1CCn2nnc(C3Cc4cc(Cl)cc(Br)c4O3)c2C1. The smallest absolute Gasteiger partial charge is 0.149 e. The molecule has 2 aliphatic rings. The van der Waals surface area contributed by atoms with Gasteiger partial charge in [-0.15, -0.1) is 5.10 Å². The van der Waals surface area contributed by atoms with E-state index in [1.807, 2.05) is 16.8 Å². The Hall–Kier alpha value is -1.11. The second-order valence-electron chi connectivity index (χ2n) is 5.57. The topological polar surface area (TPSA) is 43.2 Å². The van der Waals surface area contributed by atoms with Crippen molar-refractivity contribution in [2.75, 3.05) is 13.6 Å². The van der Waals surface area contributed by atoms with Gasteiger partial charge in [-0.2, -0.15) is 0 Å². The molecule has 1 aromatic carbocycles. The van der Waals surface area contributed by atoms with Crippen LogP contribution in [0.1, 0.15) is 23.1 Å². The van der Waals surface area contributed by atoms with Crippen LogP contribution in [0, 0.1) is 0 Å². The zero-order valence-corrected chi connectivity index (χ0v) is 13.9. The highest BCUT2D eigenvalue weighted by Crippen LogP contribution is 2.43. The second kappa shape index (κ2) is 4.97. The Morgan fingerprint density at radius 2 is 2.24 bits per heavy atom. The van der Waals surface area contributed by atoms with E-state index in [9.17, 15) is 0 Å². The maximum Gasteiger partial charge on any atom is 0.149 e. The Labute approximate surface area is 136 Å². The fourth-order valence-electron chi connectivity index (χ4n) is 2.97. The molecule has 0 saturated carbocycles. The van der Waals surface area contributed by atoms with Crippen molar-refractivity contribution in [2.45, 2.75) is 25.6 Å². The molecule has 0 saturated heterocycles. The Morgan fingerprint density at radius 3 is 3.10 bits per heavy atom. The van der Waals surface area contributed by atoms with Crippen LogP contribution < -0.4 is 4.74 Å². The summed E-state index contributed by atoms with van der Waals surface area (Å²) < 4.78 is 8.98. The minimum Gasteiger partial charge on any atom is -0.482 e. The van der Waals surface area contributed by atoms with Gasteiger partial charge in [-0.25, -0.2) is 4.68 Å². The van der Waals surface area contributed by atoms with Crippen LogP contribution in [-0.2, 0) is 19.5 Å². The quantitative estimate of drug-likeness (QED) is 0.775. The van der Waals surface area contributed by atoms with Crippen LogP contribution in [-0.4, -0.2) is 33.5 Å². The van der Waals surface area contributed by atoms with Gasteiger partial charge in [0.2, 0.25) is 0 Å². The molecule has 0 aliphatic carbocycles. The van der Waals surface area contributed by atoms with Gasteiger partial charge in [-0.1, -0.05) is 16.8 Å². The first-order valence-electron chi connectivity index (χ1n) is 6.87. The lowest BCUT2D eigenvalue weighted by molar-refractivity contribution is 0.221. The molecule has 7 heteroatoms. The van der Waals surface area contributed by atoms with Crippen LogP contribution in [0.25, 0.3) is 0 Å². The van der Waals surface area contributed by atoms with E-state index in [2.05, 4.69) is 38.2 Å². The molecule has 0 bridgehead atoms. The maximum absolute atomic E-state index is 6.11. The number of fused-ring (bicyclic) bond motifs is 2. The fourth-order valence-corrected chi connectivity index (χ4v) is 3.94. The zero-order chi connectivity index (χ0) is 14.6. The van der Waals surface area contributed by atoms with E-state index in [1.165, 1.54) is 0 Å². The number of ether oxygens (including phenoxy) is 1. The highest BCUT2D eigenvalue weighted by Gasteiger charge is 2.32. The highest BCUT2D eigenvalue weighted by molar-refractivity contribution is 9.10. The number of likely N-dealkylation sites (N-methyl/N-ethyl adjacent to an activating group) is 1. The molecule has 0 radical (unpaired) electrons. The third-order valence-electron chi connectivity index (χ3n) is 4.04. The minimum absolute atomic E-state index is 0.0787. The van der Waals surface area contributed by atoms with Crippen LogP contribution in [0.5, 0.6) is 5.75 Å². The van der Waals surface area contributed by atoms with Gasteiger partial charge < -0.3 is 4.74 Å². The lowest BCUT2D eigenvalue weighted by Gasteiger charge is -2.24. The molecule has 21 heavy (non-hydrogen) atoms. The molecular formula is C14H14BrClN4O. The van der Waals surface area contributed by atoms with Gasteiger partial charge >= 0.3 is 0 Å². The predicted octanol–water partition coefficient (Wildman–Crippen LogP) is 2.82. The van der Waals surface area contributed by atoms with Gasteiger partial charge in [0.05, 0.1) is 16.7 Å². The van der Waals surface area contributed by atoms with Crippen LogP contribution >= 0.6 is 27.5 Å². The summed E-state index contributed by atoms with van der Waals surface area (Å²) in [4.78, 5) is 2.27. The van der Waals surface area contributed by atoms with Crippen LogP contribution in [0.4, 0.5) is 0 Å². The van der Waals surface area contributed by atoms with Gasteiger partial charge in [-0.05, 0) is 35.1 Å². The van der Waals surface area contributed by atoms with Gasteiger partial charge in [-0.3, -0.25) is 4.90 Å². The molecule has 110 valence electrons. The molecule has 0 amide bonds. The summed E-state index contributed by atoms with van der Waals surface area (Å²) >= 11 is 9.63. The monoisotopic (exact) mass is 368 g/mol. The summed E-state index contributed by atoms with van der Waals surface area (Å²) in [5, 5.41) is 9.34. The standard InChI is InChI=1S/C14H14BrClN4O/c1-19-2-3-20-11(7-19)13(17-18-20)12-5-8-4-9(16)6-10(15)14(8)21-12/h4,6,12H,2-3,5,7H2,1H3. The van der Waals surface area contributed by atoms with Crippen molar-refractivity contribution in [1.29, 1.82) is 0 Å². The number of halogens is 2. The largest absolute Gasteiger partial charge is 0.482 e. The Morgan fingerprint density at radius 1 is 1.38 bits per heavy atom. The van der Waals surface area contributed by atoms with Crippen molar-refractivity contribution in [3.8, 4) is 5.75 Å². The van der Waals surface area contributed by atoms with E-state index in [0.717, 1.165) is 58.3 Å². The molecule has 5 nitrogen and oxygen atoms in total. The van der Waals surface area contributed by atoms with Crippen molar-refractivity contribution in [3.05, 3.63) is 38.6 Å². The number of hydrogen-bond donors (Lipinski definition) is 0. The summed E-state index contributed by atoms with van der Waals surface area (Å²) in [5.41, 5.74) is 3.22.